The molecule has 0 radical (unpaired) electrons. The fourth-order valence-electron chi connectivity index (χ4n) is 2.25. The minimum atomic E-state index is -0.848. The molecule has 2 aromatic rings. The highest BCUT2D eigenvalue weighted by molar-refractivity contribution is 7.13. The third-order valence-electron chi connectivity index (χ3n) is 3.18. The van der Waals surface area contributed by atoms with Gasteiger partial charge in [-0.15, -0.1) is 21.5 Å². The molecule has 8 heteroatoms. The van der Waals surface area contributed by atoms with Crippen molar-refractivity contribution in [2.45, 2.75) is 19.1 Å². The molecule has 1 aliphatic rings. The van der Waals surface area contributed by atoms with Crippen molar-refractivity contribution >= 4 is 17.3 Å². The van der Waals surface area contributed by atoms with Gasteiger partial charge in [0.15, 0.2) is 0 Å². The van der Waals surface area contributed by atoms with E-state index in [1.807, 2.05) is 17.5 Å². The first kappa shape index (κ1) is 14.2. The zero-order valence-electron chi connectivity index (χ0n) is 11.3. The maximum Gasteiger partial charge on any atom is 0.306 e. The lowest BCUT2D eigenvalue weighted by Crippen LogP contribution is -2.42. The third-order valence-corrected chi connectivity index (χ3v) is 4.04. The van der Waals surface area contributed by atoms with Gasteiger partial charge < -0.3 is 14.3 Å². The van der Waals surface area contributed by atoms with Gasteiger partial charge in [0.1, 0.15) is 0 Å². The number of morpholine rings is 1. The van der Waals surface area contributed by atoms with Crippen LogP contribution in [0.1, 0.15) is 12.3 Å². The molecular formula is C13H15N3O4S. The Bertz CT molecular complexity index is 598. The molecule has 21 heavy (non-hydrogen) atoms. The molecule has 1 aliphatic heterocycles. The summed E-state index contributed by atoms with van der Waals surface area (Å²) < 4.78 is 11.1. The van der Waals surface area contributed by atoms with Gasteiger partial charge in [0, 0.05) is 13.1 Å². The lowest BCUT2D eigenvalue weighted by Gasteiger charge is -2.31. The van der Waals surface area contributed by atoms with Crippen LogP contribution in [0.3, 0.4) is 0 Å². The number of aliphatic carboxylic acids is 1. The van der Waals surface area contributed by atoms with Gasteiger partial charge in [0.05, 0.1) is 30.6 Å². The second kappa shape index (κ2) is 6.33. The second-order valence-corrected chi connectivity index (χ2v) is 5.75. The summed E-state index contributed by atoms with van der Waals surface area (Å²) in [7, 11) is 0. The van der Waals surface area contributed by atoms with Crippen LogP contribution in [0, 0.1) is 0 Å². The standard InChI is InChI=1S/C13H15N3O4S/c17-12(18)6-9-7-16(3-4-19-9)8-11-14-15-13(20-11)10-2-1-5-21-10/h1-2,5,9H,3-4,6-8H2,(H,17,18). The molecule has 0 saturated carbocycles. The van der Waals surface area contributed by atoms with Gasteiger partial charge in [-0.05, 0) is 11.4 Å². The van der Waals surface area contributed by atoms with Crippen molar-refractivity contribution in [3.63, 3.8) is 0 Å². The molecule has 2 aromatic heterocycles. The number of aromatic nitrogens is 2. The van der Waals surface area contributed by atoms with Crippen LogP contribution in [0.4, 0.5) is 0 Å². The van der Waals surface area contributed by atoms with Crippen LogP contribution < -0.4 is 0 Å². The molecule has 0 aliphatic carbocycles. The summed E-state index contributed by atoms with van der Waals surface area (Å²) in [6.45, 7) is 2.32. The number of hydrogen-bond donors (Lipinski definition) is 1. The highest BCUT2D eigenvalue weighted by Crippen LogP contribution is 2.23. The summed E-state index contributed by atoms with van der Waals surface area (Å²) >= 11 is 1.55. The molecule has 3 heterocycles. The van der Waals surface area contributed by atoms with Crippen molar-refractivity contribution in [3.05, 3.63) is 23.4 Å². The van der Waals surface area contributed by atoms with Gasteiger partial charge in [-0.3, -0.25) is 9.69 Å². The number of hydrogen-bond acceptors (Lipinski definition) is 7. The lowest BCUT2D eigenvalue weighted by molar-refractivity contribution is -0.142. The first-order chi connectivity index (χ1) is 10.2. The van der Waals surface area contributed by atoms with Gasteiger partial charge in [0.25, 0.3) is 5.89 Å². The van der Waals surface area contributed by atoms with E-state index in [0.29, 0.717) is 31.5 Å². The van der Waals surface area contributed by atoms with Gasteiger partial charge >= 0.3 is 5.97 Å². The second-order valence-electron chi connectivity index (χ2n) is 4.80. The van der Waals surface area contributed by atoms with Crippen LogP contribution >= 0.6 is 11.3 Å². The third kappa shape index (κ3) is 3.66. The summed E-state index contributed by atoms with van der Waals surface area (Å²) in [4.78, 5) is 13.7. The van der Waals surface area contributed by atoms with Crippen LogP contribution in [-0.2, 0) is 16.1 Å². The highest BCUT2D eigenvalue weighted by atomic mass is 32.1. The van der Waals surface area contributed by atoms with E-state index in [1.54, 1.807) is 11.3 Å². The van der Waals surface area contributed by atoms with Gasteiger partial charge in [-0.25, -0.2) is 0 Å². The number of carboxylic acids is 1. The molecule has 3 rings (SSSR count). The molecule has 1 N–H and O–H groups in total. The SMILES string of the molecule is O=C(O)CC1CN(Cc2nnc(-c3cccs3)o2)CCO1. The van der Waals surface area contributed by atoms with Crippen molar-refractivity contribution in [1.29, 1.82) is 0 Å². The van der Waals surface area contributed by atoms with E-state index in [2.05, 4.69) is 15.1 Å². The summed E-state index contributed by atoms with van der Waals surface area (Å²) in [5.41, 5.74) is 0. The average molecular weight is 309 g/mol. The van der Waals surface area contributed by atoms with E-state index in [-0.39, 0.29) is 12.5 Å². The Kier molecular flexibility index (Phi) is 4.28. The van der Waals surface area contributed by atoms with Gasteiger partial charge in [-0.2, -0.15) is 0 Å². The number of carboxylic acid groups (broad SMARTS) is 1. The predicted molar refractivity (Wildman–Crippen MR) is 74.9 cm³/mol. The van der Waals surface area contributed by atoms with E-state index in [1.165, 1.54) is 0 Å². The molecule has 1 saturated heterocycles. The first-order valence-electron chi connectivity index (χ1n) is 6.63. The van der Waals surface area contributed by atoms with Crippen molar-refractivity contribution in [2.24, 2.45) is 0 Å². The van der Waals surface area contributed by atoms with Crippen LogP contribution in [0.25, 0.3) is 10.8 Å². The number of carbonyl (C=O) groups is 1. The summed E-state index contributed by atoms with van der Waals surface area (Å²) in [6.07, 6.45) is -0.267. The zero-order valence-corrected chi connectivity index (χ0v) is 12.1. The fraction of sp³-hybridized carbons (Fsp3) is 0.462. The Morgan fingerprint density at radius 3 is 3.19 bits per heavy atom. The highest BCUT2D eigenvalue weighted by Gasteiger charge is 2.24. The topological polar surface area (TPSA) is 88.7 Å². The Balaban J connectivity index is 1.60. The van der Waals surface area contributed by atoms with Gasteiger partial charge in [-0.1, -0.05) is 6.07 Å². The number of thiophene rings is 1. The van der Waals surface area contributed by atoms with E-state index >= 15 is 0 Å². The van der Waals surface area contributed by atoms with Crippen molar-refractivity contribution < 1.29 is 19.1 Å². The quantitative estimate of drug-likeness (QED) is 0.894. The van der Waals surface area contributed by atoms with Crippen LogP contribution in [0.15, 0.2) is 21.9 Å². The van der Waals surface area contributed by atoms with Crippen molar-refractivity contribution in [3.8, 4) is 10.8 Å². The normalized spacial score (nSPS) is 19.7. The lowest BCUT2D eigenvalue weighted by atomic mass is 10.2. The van der Waals surface area contributed by atoms with Gasteiger partial charge in [0.2, 0.25) is 5.89 Å². The maximum atomic E-state index is 10.7. The largest absolute Gasteiger partial charge is 0.481 e. The number of rotatable bonds is 5. The van der Waals surface area contributed by atoms with Crippen molar-refractivity contribution in [1.82, 2.24) is 15.1 Å². The first-order valence-corrected chi connectivity index (χ1v) is 7.50. The Morgan fingerprint density at radius 1 is 1.52 bits per heavy atom. The molecule has 0 aromatic carbocycles. The van der Waals surface area contributed by atoms with Crippen LogP contribution in [-0.4, -0.2) is 52.0 Å². The van der Waals surface area contributed by atoms with E-state index < -0.39 is 5.97 Å². The molecule has 1 unspecified atom stereocenters. The summed E-state index contributed by atoms with van der Waals surface area (Å²) in [5, 5.41) is 18.8. The molecular weight excluding hydrogens is 294 g/mol. The fourth-order valence-corrected chi connectivity index (χ4v) is 2.90. The van der Waals surface area contributed by atoms with E-state index in [0.717, 1.165) is 11.4 Å². The smallest absolute Gasteiger partial charge is 0.306 e. The molecule has 0 amide bonds. The molecule has 1 fully saturated rings. The molecule has 112 valence electrons. The molecule has 0 spiro atoms. The van der Waals surface area contributed by atoms with Crippen LogP contribution in [0.2, 0.25) is 0 Å². The zero-order chi connectivity index (χ0) is 14.7. The molecule has 1 atom stereocenters. The number of ether oxygens (including phenoxy) is 1. The molecule has 7 nitrogen and oxygen atoms in total. The van der Waals surface area contributed by atoms with Crippen molar-refractivity contribution in [2.75, 3.05) is 19.7 Å². The monoisotopic (exact) mass is 309 g/mol. The number of nitrogens with zero attached hydrogens (tertiary/aromatic N) is 3. The average Bonchev–Trinajstić information content (AvgIpc) is 3.08. The Morgan fingerprint density at radius 2 is 2.43 bits per heavy atom. The minimum absolute atomic E-state index is 0.0147. The van der Waals surface area contributed by atoms with Crippen LogP contribution in [0.5, 0.6) is 0 Å². The van der Waals surface area contributed by atoms with E-state index in [9.17, 15) is 4.79 Å². The van der Waals surface area contributed by atoms with E-state index in [4.69, 9.17) is 14.3 Å². The summed E-state index contributed by atoms with van der Waals surface area (Å²) in [6, 6.07) is 3.86. The maximum absolute atomic E-state index is 10.7. The summed E-state index contributed by atoms with van der Waals surface area (Å²) in [5.74, 6) is 0.212. The predicted octanol–water partition coefficient (Wildman–Crippen LogP) is 1.47. The molecule has 0 bridgehead atoms. The minimum Gasteiger partial charge on any atom is -0.481 e. The Hall–Kier alpha value is -1.77. The Labute approximate surface area is 125 Å².